The number of morpholine rings is 1. The smallest absolute Gasteiger partial charge is 0.254 e. The van der Waals surface area contributed by atoms with Crippen molar-refractivity contribution in [2.45, 2.75) is 13.8 Å². The number of nitrogens with one attached hydrogen (secondary N) is 1. The highest BCUT2D eigenvalue weighted by atomic mass is 79.9. The minimum absolute atomic E-state index is 0.145. The summed E-state index contributed by atoms with van der Waals surface area (Å²) in [6, 6.07) is 3.70. The summed E-state index contributed by atoms with van der Waals surface area (Å²) < 4.78 is 17.3. The zero-order valence-corrected chi connectivity index (χ0v) is 16.2. The van der Waals surface area contributed by atoms with E-state index in [-0.39, 0.29) is 5.91 Å². The summed E-state index contributed by atoms with van der Waals surface area (Å²) in [6.07, 6.45) is 1.58. The van der Waals surface area contributed by atoms with Gasteiger partial charge in [0, 0.05) is 13.1 Å². The third kappa shape index (κ3) is 6.30. The van der Waals surface area contributed by atoms with Crippen LogP contribution in [-0.4, -0.2) is 63.1 Å². The molecule has 0 spiro atoms. The van der Waals surface area contributed by atoms with Crippen LogP contribution in [0.5, 0.6) is 11.5 Å². The molecule has 0 bridgehead atoms. The summed E-state index contributed by atoms with van der Waals surface area (Å²) in [5, 5.41) is 4.03. The first-order chi connectivity index (χ1) is 12.1. The van der Waals surface area contributed by atoms with Crippen molar-refractivity contribution < 1.29 is 19.0 Å². The number of rotatable bonds is 8. The van der Waals surface area contributed by atoms with Crippen molar-refractivity contribution in [2.75, 3.05) is 46.1 Å². The number of carbonyl (C=O) groups excluding carboxylic acids is 1. The third-order valence-corrected chi connectivity index (χ3v) is 4.08. The van der Waals surface area contributed by atoms with E-state index >= 15 is 0 Å². The molecule has 2 rings (SSSR count). The summed E-state index contributed by atoms with van der Waals surface area (Å²) in [4.78, 5) is 14.0. The van der Waals surface area contributed by atoms with Crippen LogP contribution < -0.4 is 14.9 Å². The summed E-state index contributed by atoms with van der Waals surface area (Å²) in [5.74, 6) is 1.16. The van der Waals surface area contributed by atoms with Crippen LogP contribution in [0.1, 0.15) is 19.4 Å². The topological polar surface area (TPSA) is 72.4 Å². The lowest BCUT2D eigenvalue weighted by atomic mass is 10.2. The van der Waals surface area contributed by atoms with Gasteiger partial charge in [0.25, 0.3) is 5.91 Å². The molecule has 0 saturated carbocycles. The van der Waals surface area contributed by atoms with Gasteiger partial charge < -0.3 is 14.2 Å². The highest BCUT2D eigenvalue weighted by Crippen LogP contribution is 2.36. The second-order valence-corrected chi connectivity index (χ2v) is 6.23. The van der Waals surface area contributed by atoms with Crippen LogP contribution in [-0.2, 0) is 9.53 Å². The highest BCUT2D eigenvalue weighted by Gasteiger charge is 2.14. The molecule has 0 aliphatic carbocycles. The van der Waals surface area contributed by atoms with Crippen LogP contribution in [0.25, 0.3) is 0 Å². The van der Waals surface area contributed by atoms with Crippen LogP contribution >= 0.6 is 15.9 Å². The van der Waals surface area contributed by atoms with Gasteiger partial charge in [0.1, 0.15) is 0 Å². The molecule has 0 aromatic heterocycles. The first kappa shape index (κ1) is 19.7. The van der Waals surface area contributed by atoms with Gasteiger partial charge in [-0.25, -0.2) is 5.43 Å². The summed E-state index contributed by atoms with van der Waals surface area (Å²) in [5.41, 5.74) is 3.35. The molecule has 8 heteroatoms. The fourth-order valence-electron chi connectivity index (χ4n) is 2.39. The Balaban J connectivity index is 1.96. The van der Waals surface area contributed by atoms with Crippen molar-refractivity contribution in [1.82, 2.24) is 10.3 Å². The maximum atomic E-state index is 11.9. The molecular weight excluding hydrogens is 390 g/mol. The number of nitrogens with zero attached hydrogens (tertiary/aromatic N) is 2. The van der Waals surface area contributed by atoms with Gasteiger partial charge in [-0.05, 0) is 47.5 Å². The predicted molar refractivity (Wildman–Crippen MR) is 99.5 cm³/mol. The molecule has 1 fully saturated rings. The van der Waals surface area contributed by atoms with E-state index in [1.807, 2.05) is 30.9 Å². The van der Waals surface area contributed by atoms with Gasteiger partial charge in [-0.3, -0.25) is 9.69 Å². The Morgan fingerprint density at radius 3 is 2.72 bits per heavy atom. The molecule has 138 valence electrons. The van der Waals surface area contributed by atoms with E-state index in [4.69, 9.17) is 14.2 Å². The van der Waals surface area contributed by atoms with E-state index in [9.17, 15) is 4.79 Å². The fraction of sp³-hybridized carbons (Fsp3) is 0.529. The van der Waals surface area contributed by atoms with Gasteiger partial charge in [-0.1, -0.05) is 0 Å². The predicted octanol–water partition coefficient (Wildman–Crippen LogP) is 2.03. The molecule has 1 amide bonds. The Bertz CT molecular complexity index is 604. The summed E-state index contributed by atoms with van der Waals surface area (Å²) in [6.45, 7) is 8.08. The first-order valence-corrected chi connectivity index (χ1v) is 9.14. The Morgan fingerprint density at radius 1 is 1.32 bits per heavy atom. The lowest BCUT2D eigenvalue weighted by Gasteiger charge is -2.25. The molecule has 0 unspecified atom stereocenters. The summed E-state index contributed by atoms with van der Waals surface area (Å²) in [7, 11) is 0. The second-order valence-electron chi connectivity index (χ2n) is 5.38. The zero-order chi connectivity index (χ0) is 18.1. The normalized spacial score (nSPS) is 15.3. The van der Waals surface area contributed by atoms with Crippen LogP contribution in [0.2, 0.25) is 0 Å². The van der Waals surface area contributed by atoms with Crippen molar-refractivity contribution in [3.05, 3.63) is 22.2 Å². The molecule has 7 nitrogen and oxygen atoms in total. The molecule has 25 heavy (non-hydrogen) atoms. The van der Waals surface area contributed by atoms with E-state index in [2.05, 4.69) is 26.5 Å². The molecule has 1 aliphatic rings. The van der Waals surface area contributed by atoms with Crippen LogP contribution in [0.3, 0.4) is 0 Å². The molecule has 0 atom stereocenters. The van der Waals surface area contributed by atoms with Crippen molar-refractivity contribution in [2.24, 2.45) is 5.10 Å². The molecule has 1 saturated heterocycles. The van der Waals surface area contributed by atoms with Gasteiger partial charge in [-0.15, -0.1) is 0 Å². The average molecular weight is 414 g/mol. The largest absolute Gasteiger partial charge is 0.490 e. The Morgan fingerprint density at radius 2 is 2.04 bits per heavy atom. The van der Waals surface area contributed by atoms with E-state index in [0.717, 1.165) is 23.1 Å². The van der Waals surface area contributed by atoms with Crippen molar-refractivity contribution in [3.63, 3.8) is 0 Å². The number of halogens is 1. The maximum Gasteiger partial charge on any atom is 0.254 e. The number of amides is 1. The van der Waals surface area contributed by atoms with Gasteiger partial charge in [0.15, 0.2) is 11.5 Å². The van der Waals surface area contributed by atoms with Crippen molar-refractivity contribution in [3.8, 4) is 11.5 Å². The molecular formula is C17H24BrN3O4. The van der Waals surface area contributed by atoms with E-state index in [1.54, 1.807) is 6.21 Å². The minimum Gasteiger partial charge on any atom is -0.490 e. The number of carbonyl (C=O) groups is 1. The van der Waals surface area contributed by atoms with E-state index in [0.29, 0.717) is 44.5 Å². The number of benzene rings is 1. The standard InChI is InChI=1S/C17H24BrN3O4/c1-3-24-15-10-13(9-14(18)17(15)25-4-2)11-19-20-16(22)12-21-5-7-23-8-6-21/h9-11H,3-8,12H2,1-2H3,(H,20,22)/b19-11+. The Labute approximate surface area is 156 Å². The first-order valence-electron chi connectivity index (χ1n) is 8.35. The number of hydrogen-bond donors (Lipinski definition) is 1. The molecule has 1 N–H and O–H groups in total. The zero-order valence-electron chi connectivity index (χ0n) is 14.6. The monoisotopic (exact) mass is 413 g/mol. The maximum absolute atomic E-state index is 11.9. The molecule has 1 aromatic rings. The SMILES string of the molecule is CCOc1cc(/C=N/NC(=O)CN2CCOCC2)cc(Br)c1OCC. The summed E-state index contributed by atoms with van der Waals surface area (Å²) >= 11 is 3.48. The van der Waals surface area contributed by atoms with Crippen LogP contribution in [0, 0.1) is 0 Å². The number of ether oxygens (including phenoxy) is 3. The Hall–Kier alpha value is -1.64. The van der Waals surface area contributed by atoms with Gasteiger partial charge in [0.05, 0.1) is 43.7 Å². The average Bonchev–Trinajstić information content (AvgIpc) is 2.59. The molecule has 0 radical (unpaired) electrons. The van der Waals surface area contributed by atoms with Crippen molar-refractivity contribution in [1.29, 1.82) is 0 Å². The quantitative estimate of drug-likeness (QED) is 0.521. The lowest BCUT2D eigenvalue weighted by molar-refractivity contribution is -0.123. The fourth-order valence-corrected chi connectivity index (χ4v) is 2.96. The van der Waals surface area contributed by atoms with Crippen LogP contribution in [0.4, 0.5) is 0 Å². The number of hydrogen-bond acceptors (Lipinski definition) is 6. The third-order valence-electron chi connectivity index (χ3n) is 3.49. The lowest BCUT2D eigenvalue weighted by Crippen LogP contribution is -2.42. The molecule has 1 aliphatic heterocycles. The van der Waals surface area contributed by atoms with Crippen LogP contribution in [0.15, 0.2) is 21.7 Å². The van der Waals surface area contributed by atoms with Gasteiger partial charge >= 0.3 is 0 Å². The second kappa shape index (κ2) is 10.4. The van der Waals surface area contributed by atoms with E-state index < -0.39 is 0 Å². The highest BCUT2D eigenvalue weighted by molar-refractivity contribution is 9.10. The minimum atomic E-state index is -0.145. The molecule has 1 aromatic carbocycles. The van der Waals surface area contributed by atoms with Gasteiger partial charge in [0.2, 0.25) is 0 Å². The van der Waals surface area contributed by atoms with Crippen molar-refractivity contribution >= 4 is 28.1 Å². The number of hydrazone groups is 1. The van der Waals surface area contributed by atoms with E-state index in [1.165, 1.54) is 0 Å². The Kier molecular flexibility index (Phi) is 8.17. The molecule has 1 heterocycles. The van der Waals surface area contributed by atoms with Gasteiger partial charge in [-0.2, -0.15) is 5.10 Å².